The molecule has 0 aromatic carbocycles. The largest absolute Gasteiger partial charge is 0.466 e. The molecule has 0 atom stereocenters. The topological polar surface area (TPSA) is 55.4 Å². The van der Waals surface area contributed by atoms with Gasteiger partial charge in [0.2, 0.25) is 5.91 Å². The monoisotopic (exact) mass is 173 g/mol. The molecule has 0 aromatic heterocycles. The van der Waals surface area contributed by atoms with E-state index in [9.17, 15) is 9.59 Å². The Morgan fingerprint density at radius 3 is 3.00 bits per heavy atom. The molecule has 1 N–H and O–H groups in total. The van der Waals surface area contributed by atoms with Crippen molar-refractivity contribution in [3.63, 3.8) is 0 Å². The molecule has 4 nitrogen and oxygen atoms in total. The molecule has 0 bridgehead atoms. The summed E-state index contributed by atoms with van der Waals surface area (Å²) in [5.41, 5.74) is 0. The van der Waals surface area contributed by atoms with Crippen molar-refractivity contribution >= 4 is 23.6 Å². The van der Waals surface area contributed by atoms with E-state index in [1.54, 1.807) is 0 Å². The zero-order valence-corrected chi connectivity index (χ0v) is 6.73. The predicted octanol–water partition coefficient (Wildman–Crippen LogP) is -0.136. The van der Waals surface area contributed by atoms with Crippen molar-refractivity contribution in [2.45, 2.75) is 0 Å². The highest BCUT2D eigenvalue weighted by Crippen LogP contribution is 2.17. The molecular formula is C6H7NO3S. The quantitative estimate of drug-likeness (QED) is 0.443. The minimum Gasteiger partial charge on any atom is -0.466 e. The smallest absolute Gasteiger partial charge is 0.333 e. The summed E-state index contributed by atoms with van der Waals surface area (Å²) >= 11 is 1.29. The lowest BCUT2D eigenvalue weighted by atomic mass is 10.6. The first kappa shape index (κ1) is 8.13. The Kier molecular flexibility index (Phi) is 2.53. The predicted molar refractivity (Wildman–Crippen MR) is 40.7 cm³/mol. The Hall–Kier alpha value is -0.970. The number of hydrogen-bond acceptors (Lipinski definition) is 4. The normalized spacial score (nSPS) is 20.1. The average molecular weight is 173 g/mol. The van der Waals surface area contributed by atoms with Crippen LogP contribution in [0.15, 0.2) is 11.1 Å². The zero-order chi connectivity index (χ0) is 8.27. The molecule has 0 saturated carbocycles. The fourth-order valence-electron chi connectivity index (χ4n) is 0.597. The molecule has 1 aliphatic rings. The molecule has 0 spiro atoms. The van der Waals surface area contributed by atoms with E-state index in [0.29, 0.717) is 10.8 Å². The van der Waals surface area contributed by atoms with Crippen LogP contribution >= 0.6 is 11.8 Å². The maximum atomic E-state index is 10.6. The lowest BCUT2D eigenvalue weighted by Gasteiger charge is -1.93. The van der Waals surface area contributed by atoms with Crippen LogP contribution in [0, 0.1) is 0 Å². The molecule has 1 heterocycles. The second-order valence-corrected chi connectivity index (χ2v) is 2.89. The summed E-state index contributed by atoms with van der Waals surface area (Å²) in [6.45, 7) is 0. The van der Waals surface area contributed by atoms with Crippen molar-refractivity contribution in [2.24, 2.45) is 0 Å². The highest BCUT2D eigenvalue weighted by Gasteiger charge is 2.15. The minimum atomic E-state index is -0.449. The van der Waals surface area contributed by atoms with Gasteiger partial charge in [0.1, 0.15) is 0 Å². The van der Waals surface area contributed by atoms with Gasteiger partial charge in [0.15, 0.2) is 0 Å². The lowest BCUT2D eigenvalue weighted by molar-refractivity contribution is -0.134. The van der Waals surface area contributed by atoms with Crippen LogP contribution in [0.2, 0.25) is 0 Å². The van der Waals surface area contributed by atoms with Crippen LogP contribution < -0.4 is 5.32 Å². The number of nitrogens with one attached hydrogen (secondary N) is 1. The minimum absolute atomic E-state index is 0.0786. The van der Waals surface area contributed by atoms with E-state index in [1.165, 1.54) is 24.9 Å². The summed E-state index contributed by atoms with van der Waals surface area (Å²) in [6.07, 6.45) is 1.26. The molecule has 1 aliphatic heterocycles. The maximum Gasteiger partial charge on any atom is 0.333 e. The van der Waals surface area contributed by atoms with Gasteiger partial charge in [-0.2, -0.15) is 0 Å². The molecule has 0 unspecified atom stereocenters. The van der Waals surface area contributed by atoms with Crippen molar-refractivity contribution in [3.05, 3.63) is 11.1 Å². The van der Waals surface area contributed by atoms with Gasteiger partial charge in [-0.3, -0.25) is 4.79 Å². The first-order valence-corrected chi connectivity index (χ1v) is 3.93. The fraction of sp³-hybridized carbons (Fsp3) is 0.333. The third-order valence-electron chi connectivity index (χ3n) is 1.07. The fourth-order valence-corrected chi connectivity index (χ4v) is 1.32. The number of hydrogen-bond donors (Lipinski definition) is 1. The van der Waals surface area contributed by atoms with Gasteiger partial charge in [0.25, 0.3) is 0 Å². The van der Waals surface area contributed by atoms with E-state index in [2.05, 4.69) is 10.1 Å². The molecule has 1 amide bonds. The number of thioether (sulfide) groups is 1. The third kappa shape index (κ3) is 2.27. The summed E-state index contributed by atoms with van der Waals surface area (Å²) in [5, 5.41) is 3.06. The van der Waals surface area contributed by atoms with Gasteiger partial charge in [0, 0.05) is 0 Å². The van der Waals surface area contributed by atoms with Gasteiger partial charge in [-0.15, -0.1) is 0 Å². The summed E-state index contributed by atoms with van der Waals surface area (Å²) in [6, 6.07) is 0. The van der Waals surface area contributed by atoms with E-state index >= 15 is 0 Å². The molecule has 1 saturated heterocycles. The summed E-state index contributed by atoms with van der Waals surface area (Å²) in [7, 11) is 1.29. The van der Waals surface area contributed by atoms with Gasteiger partial charge in [-0.25, -0.2) is 4.79 Å². The molecule has 1 fully saturated rings. The van der Waals surface area contributed by atoms with Crippen molar-refractivity contribution in [3.8, 4) is 0 Å². The van der Waals surface area contributed by atoms with Crippen LogP contribution in [-0.2, 0) is 14.3 Å². The highest BCUT2D eigenvalue weighted by atomic mass is 32.2. The highest BCUT2D eigenvalue weighted by molar-refractivity contribution is 8.04. The number of esters is 1. The van der Waals surface area contributed by atoms with Crippen LogP contribution in [0.1, 0.15) is 0 Å². The molecule has 0 aromatic rings. The number of rotatable bonds is 1. The lowest BCUT2D eigenvalue weighted by Crippen LogP contribution is -2.14. The number of carbonyl (C=O) groups is 2. The Morgan fingerprint density at radius 2 is 2.55 bits per heavy atom. The Labute approximate surface area is 68.0 Å². The first-order chi connectivity index (χ1) is 5.22. The molecule has 0 radical (unpaired) electrons. The molecule has 0 aliphatic carbocycles. The molecule has 60 valence electrons. The average Bonchev–Trinajstić information content (AvgIpc) is 2.35. The Morgan fingerprint density at radius 1 is 1.82 bits per heavy atom. The second-order valence-electron chi connectivity index (χ2n) is 1.87. The van der Waals surface area contributed by atoms with Crippen LogP contribution in [-0.4, -0.2) is 24.7 Å². The van der Waals surface area contributed by atoms with Crippen LogP contribution in [0.25, 0.3) is 0 Å². The van der Waals surface area contributed by atoms with Crippen molar-refractivity contribution in [1.29, 1.82) is 0 Å². The van der Waals surface area contributed by atoms with E-state index in [1.807, 2.05) is 0 Å². The molecular weight excluding hydrogens is 166 g/mol. The van der Waals surface area contributed by atoms with Gasteiger partial charge in [-0.1, -0.05) is 11.8 Å². The number of methoxy groups -OCH3 is 1. The Balaban J connectivity index is 2.54. The van der Waals surface area contributed by atoms with Gasteiger partial charge >= 0.3 is 5.97 Å². The third-order valence-corrected chi connectivity index (χ3v) is 2.01. The van der Waals surface area contributed by atoms with Crippen LogP contribution in [0.5, 0.6) is 0 Å². The van der Waals surface area contributed by atoms with Crippen molar-refractivity contribution in [1.82, 2.24) is 5.32 Å². The maximum absolute atomic E-state index is 10.6. The summed E-state index contributed by atoms with van der Waals surface area (Å²) in [5.74, 6) is -0.150. The summed E-state index contributed by atoms with van der Waals surface area (Å²) in [4.78, 5) is 21.2. The molecule has 1 rings (SSSR count). The summed E-state index contributed by atoms with van der Waals surface area (Å²) < 4.78 is 4.37. The zero-order valence-electron chi connectivity index (χ0n) is 5.92. The van der Waals surface area contributed by atoms with Gasteiger partial charge in [0.05, 0.1) is 24.0 Å². The van der Waals surface area contributed by atoms with Crippen LogP contribution in [0.3, 0.4) is 0 Å². The first-order valence-electron chi connectivity index (χ1n) is 2.94. The molecule has 11 heavy (non-hydrogen) atoms. The standard InChI is InChI=1S/C6H7NO3S/c1-10-6(9)2-5-7-4(8)3-11-5/h2H,3H2,1H3,(H,7,8)/b5-2+. The number of ether oxygens (including phenoxy) is 1. The van der Waals surface area contributed by atoms with Crippen molar-refractivity contribution < 1.29 is 14.3 Å². The van der Waals surface area contributed by atoms with Crippen molar-refractivity contribution in [2.75, 3.05) is 12.9 Å². The van der Waals surface area contributed by atoms with Gasteiger partial charge in [-0.05, 0) is 0 Å². The number of amides is 1. The SMILES string of the molecule is COC(=O)/C=C1\NC(=O)CS1. The van der Waals surface area contributed by atoms with E-state index in [-0.39, 0.29) is 5.91 Å². The Bertz CT molecular complexity index is 224. The number of carbonyl (C=O) groups excluding carboxylic acids is 2. The molecule has 5 heteroatoms. The van der Waals surface area contributed by atoms with Gasteiger partial charge < -0.3 is 10.1 Å². The second kappa shape index (κ2) is 3.43. The van der Waals surface area contributed by atoms with E-state index in [4.69, 9.17) is 0 Å². The van der Waals surface area contributed by atoms with E-state index < -0.39 is 5.97 Å². The van der Waals surface area contributed by atoms with E-state index in [0.717, 1.165) is 0 Å². The van der Waals surface area contributed by atoms with Crippen LogP contribution in [0.4, 0.5) is 0 Å².